The van der Waals surface area contributed by atoms with E-state index in [2.05, 4.69) is 42.8 Å². The Kier molecular flexibility index (Phi) is 4.76. The lowest BCUT2D eigenvalue weighted by Crippen LogP contribution is -1.97. The lowest BCUT2D eigenvalue weighted by Gasteiger charge is -2.05. The molecule has 0 saturated heterocycles. The van der Waals surface area contributed by atoms with E-state index in [-0.39, 0.29) is 0 Å². The Balaban J connectivity index is 1.89. The third-order valence-electron chi connectivity index (χ3n) is 2.83. The van der Waals surface area contributed by atoms with Gasteiger partial charge in [0.1, 0.15) is 11.5 Å². The summed E-state index contributed by atoms with van der Waals surface area (Å²) in [5, 5.41) is 3.37. The van der Waals surface area contributed by atoms with Crippen LogP contribution in [0.2, 0.25) is 0 Å². The van der Waals surface area contributed by atoms with Crippen molar-refractivity contribution in [3.05, 3.63) is 53.5 Å². The molecular formula is C15H19NOS. The van der Waals surface area contributed by atoms with Crippen LogP contribution in [0.3, 0.4) is 0 Å². The zero-order chi connectivity index (χ0) is 12.8. The van der Waals surface area contributed by atoms with E-state index in [4.69, 9.17) is 4.42 Å². The molecule has 0 unspecified atom stereocenters. The second kappa shape index (κ2) is 6.55. The van der Waals surface area contributed by atoms with Gasteiger partial charge in [-0.2, -0.15) is 11.8 Å². The molecule has 0 radical (unpaired) electrons. The minimum atomic E-state index is 0.736. The van der Waals surface area contributed by atoms with Crippen molar-refractivity contribution in [3.63, 3.8) is 0 Å². The summed E-state index contributed by atoms with van der Waals surface area (Å²) in [5.74, 6) is 2.96. The van der Waals surface area contributed by atoms with Crippen molar-refractivity contribution < 1.29 is 4.42 Å². The van der Waals surface area contributed by atoms with Crippen LogP contribution in [-0.2, 0) is 18.7 Å². The normalized spacial score (nSPS) is 10.6. The van der Waals surface area contributed by atoms with Crippen LogP contribution in [0.15, 0.2) is 40.8 Å². The van der Waals surface area contributed by atoms with Crippen LogP contribution in [-0.4, -0.2) is 6.26 Å². The minimum absolute atomic E-state index is 0.736. The van der Waals surface area contributed by atoms with Crippen molar-refractivity contribution in [3.8, 4) is 0 Å². The molecule has 0 spiro atoms. The first-order valence-electron chi connectivity index (χ1n) is 6.21. The Labute approximate surface area is 113 Å². The van der Waals surface area contributed by atoms with E-state index in [1.807, 2.05) is 12.1 Å². The highest BCUT2D eigenvalue weighted by molar-refractivity contribution is 7.97. The number of nitrogens with one attached hydrogen (secondary N) is 1. The van der Waals surface area contributed by atoms with E-state index in [1.165, 1.54) is 5.56 Å². The summed E-state index contributed by atoms with van der Waals surface area (Å²) >= 11 is 1.77. The van der Waals surface area contributed by atoms with Crippen LogP contribution in [0.5, 0.6) is 0 Å². The topological polar surface area (TPSA) is 25.2 Å². The van der Waals surface area contributed by atoms with Crippen LogP contribution in [0.4, 0.5) is 5.69 Å². The molecule has 1 N–H and O–H groups in total. The van der Waals surface area contributed by atoms with Crippen molar-refractivity contribution in [2.45, 2.75) is 25.6 Å². The predicted octanol–water partition coefficient (Wildman–Crippen LogP) is 4.32. The molecule has 2 nitrogen and oxygen atoms in total. The highest BCUT2D eigenvalue weighted by Crippen LogP contribution is 2.15. The predicted molar refractivity (Wildman–Crippen MR) is 79.1 cm³/mol. The van der Waals surface area contributed by atoms with E-state index >= 15 is 0 Å². The molecule has 0 aliphatic carbocycles. The summed E-state index contributed by atoms with van der Waals surface area (Å²) in [7, 11) is 0. The van der Waals surface area contributed by atoms with Gasteiger partial charge < -0.3 is 9.73 Å². The van der Waals surface area contributed by atoms with Gasteiger partial charge in [-0.15, -0.1) is 0 Å². The summed E-state index contributed by atoms with van der Waals surface area (Å²) in [6, 6.07) is 12.6. The molecule has 0 fully saturated rings. The molecule has 0 bridgehead atoms. The highest BCUT2D eigenvalue weighted by Gasteiger charge is 2.01. The van der Waals surface area contributed by atoms with Crippen molar-refractivity contribution in [1.82, 2.24) is 0 Å². The van der Waals surface area contributed by atoms with Gasteiger partial charge in [0.05, 0.1) is 12.3 Å². The number of hydrogen-bond acceptors (Lipinski definition) is 3. The fourth-order valence-corrected chi connectivity index (χ4v) is 2.22. The van der Waals surface area contributed by atoms with Gasteiger partial charge in [0.2, 0.25) is 0 Å². The number of furan rings is 1. The summed E-state index contributed by atoms with van der Waals surface area (Å²) in [4.78, 5) is 0. The molecule has 2 aromatic rings. The highest BCUT2D eigenvalue weighted by atomic mass is 32.2. The lowest BCUT2D eigenvalue weighted by molar-refractivity contribution is 0.487. The van der Waals surface area contributed by atoms with Gasteiger partial charge in [-0.25, -0.2) is 0 Å². The van der Waals surface area contributed by atoms with E-state index < -0.39 is 0 Å². The standard InChI is InChI=1S/C15H19NOS/c1-3-12-4-6-13(7-5-12)16-10-14-8-9-15(17-14)11-18-2/h4-9,16H,3,10-11H2,1-2H3. The number of hydrogen-bond donors (Lipinski definition) is 1. The van der Waals surface area contributed by atoms with E-state index in [0.717, 1.165) is 35.9 Å². The maximum Gasteiger partial charge on any atom is 0.123 e. The minimum Gasteiger partial charge on any atom is -0.463 e. The quantitative estimate of drug-likeness (QED) is 0.838. The first-order chi connectivity index (χ1) is 8.81. The fourth-order valence-electron chi connectivity index (χ4n) is 1.78. The molecule has 2 rings (SSSR count). The molecule has 0 atom stereocenters. The summed E-state index contributed by atoms with van der Waals surface area (Å²) in [5.41, 5.74) is 2.50. The number of rotatable bonds is 6. The van der Waals surface area contributed by atoms with Crippen molar-refractivity contribution in [2.24, 2.45) is 0 Å². The average Bonchev–Trinajstić information content (AvgIpc) is 2.85. The summed E-state index contributed by atoms with van der Waals surface area (Å²) in [6.07, 6.45) is 3.16. The van der Waals surface area contributed by atoms with Gasteiger partial charge in [-0.3, -0.25) is 0 Å². The van der Waals surface area contributed by atoms with E-state index in [1.54, 1.807) is 11.8 Å². The second-order valence-electron chi connectivity index (χ2n) is 4.21. The maximum absolute atomic E-state index is 5.71. The molecule has 1 heterocycles. The molecule has 1 aromatic carbocycles. The van der Waals surface area contributed by atoms with Gasteiger partial charge in [-0.1, -0.05) is 19.1 Å². The third kappa shape index (κ3) is 3.57. The van der Waals surface area contributed by atoms with E-state index in [0.29, 0.717) is 0 Å². The first kappa shape index (κ1) is 13.1. The molecule has 0 aliphatic rings. The molecule has 18 heavy (non-hydrogen) atoms. The van der Waals surface area contributed by atoms with E-state index in [9.17, 15) is 0 Å². The van der Waals surface area contributed by atoms with Crippen molar-refractivity contribution >= 4 is 17.4 Å². The fraction of sp³-hybridized carbons (Fsp3) is 0.333. The number of aryl methyl sites for hydroxylation is 1. The monoisotopic (exact) mass is 261 g/mol. The smallest absolute Gasteiger partial charge is 0.123 e. The van der Waals surface area contributed by atoms with Crippen LogP contribution in [0, 0.1) is 0 Å². The van der Waals surface area contributed by atoms with Crippen LogP contribution in [0.1, 0.15) is 24.0 Å². The molecule has 0 amide bonds. The molecule has 96 valence electrons. The van der Waals surface area contributed by atoms with Gasteiger partial charge in [0, 0.05) is 5.69 Å². The SMILES string of the molecule is CCc1ccc(NCc2ccc(CSC)o2)cc1. The molecule has 0 aliphatic heterocycles. The molecule has 1 aromatic heterocycles. The number of anilines is 1. The van der Waals surface area contributed by atoms with Crippen molar-refractivity contribution in [1.29, 1.82) is 0 Å². The average molecular weight is 261 g/mol. The lowest BCUT2D eigenvalue weighted by atomic mass is 10.1. The Morgan fingerprint density at radius 2 is 1.78 bits per heavy atom. The van der Waals surface area contributed by atoms with Gasteiger partial charge in [-0.05, 0) is 42.5 Å². The Hall–Kier alpha value is -1.35. The number of benzene rings is 1. The van der Waals surface area contributed by atoms with Gasteiger partial charge in [0.25, 0.3) is 0 Å². The first-order valence-corrected chi connectivity index (χ1v) is 7.60. The zero-order valence-electron chi connectivity index (χ0n) is 10.9. The maximum atomic E-state index is 5.71. The number of thioether (sulfide) groups is 1. The van der Waals surface area contributed by atoms with Crippen LogP contribution in [0.25, 0.3) is 0 Å². The Bertz CT molecular complexity index is 475. The van der Waals surface area contributed by atoms with Crippen LogP contribution < -0.4 is 5.32 Å². The molecule has 0 saturated carbocycles. The third-order valence-corrected chi connectivity index (χ3v) is 3.41. The second-order valence-corrected chi connectivity index (χ2v) is 5.07. The largest absolute Gasteiger partial charge is 0.463 e. The summed E-state index contributed by atoms with van der Waals surface area (Å²) in [6.45, 7) is 2.90. The van der Waals surface area contributed by atoms with Gasteiger partial charge >= 0.3 is 0 Å². The Morgan fingerprint density at radius 1 is 1.06 bits per heavy atom. The zero-order valence-corrected chi connectivity index (χ0v) is 11.7. The van der Waals surface area contributed by atoms with Crippen molar-refractivity contribution in [2.75, 3.05) is 11.6 Å². The molecule has 3 heteroatoms. The molecular weight excluding hydrogens is 242 g/mol. The van der Waals surface area contributed by atoms with Crippen LogP contribution >= 0.6 is 11.8 Å². The van der Waals surface area contributed by atoms with Gasteiger partial charge in [0.15, 0.2) is 0 Å². The summed E-state index contributed by atoms with van der Waals surface area (Å²) < 4.78 is 5.71. The Morgan fingerprint density at radius 3 is 2.44 bits per heavy atom.